The summed E-state index contributed by atoms with van der Waals surface area (Å²) in [5.74, 6) is -4.47. The number of carbonyl (C=O) groups is 2. The number of guanidine groups is 1. The molecule has 0 saturated carbocycles. The van der Waals surface area contributed by atoms with E-state index in [1.54, 1.807) is 24.3 Å². The third-order valence-electron chi connectivity index (χ3n) is 9.26. The number of carboxylic acids is 2. The Labute approximate surface area is 380 Å². The van der Waals surface area contributed by atoms with Gasteiger partial charge in [0, 0.05) is 31.5 Å². The molecule has 0 fully saturated rings. The van der Waals surface area contributed by atoms with E-state index in [-0.39, 0.29) is 33.3 Å². The Morgan fingerprint density at radius 1 is 0.676 bits per heavy atom. The van der Waals surface area contributed by atoms with Gasteiger partial charge in [-0.2, -0.15) is 36.8 Å². The van der Waals surface area contributed by atoms with E-state index in [4.69, 9.17) is 47.3 Å². The van der Waals surface area contributed by atoms with Crippen molar-refractivity contribution in [3.05, 3.63) is 96.1 Å². The number of benzene rings is 4. The van der Waals surface area contributed by atoms with E-state index in [1.165, 1.54) is 12.1 Å². The van der Waals surface area contributed by atoms with Crippen LogP contribution in [0.1, 0.15) is 23.0 Å². The molecule has 0 aliphatic carbocycles. The first-order valence-corrected chi connectivity index (χ1v) is 21.9. The van der Waals surface area contributed by atoms with Crippen LogP contribution in [0.2, 0.25) is 0 Å². The van der Waals surface area contributed by atoms with Crippen LogP contribution in [0.25, 0.3) is 45.0 Å². The van der Waals surface area contributed by atoms with Gasteiger partial charge in [0.1, 0.15) is 0 Å². The highest BCUT2D eigenvalue weighted by Crippen LogP contribution is 2.37. The second kappa shape index (κ2) is 22.4. The lowest BCUT2D eigenvalue weighted by Gasteiger charge is -2.21. The molecule has 0 amide bonds. The Morgan fingerprint density at radius 2 is 1.07 bits per heavy atom. The molecule has 7 rings (SSSR count). The highest BCUT2D eigenvalue weighted by atomic mass is 32.2. The lowest BCUT2D eigenvalue weighted by molar-refractivity contribution is -0.193. The van der Waals surface area contributed by atoms with E-state index < -0.39 is 44.3 Å². The third kappa shape index (κ3) is 14.3. The molecule has 364 valence electrons. The van der Waals surface area contributed by atoms with Crippen LogP contribution in [0.4, 0.5) is 26.3 Å². The fourth-order valence-corrected chi connectivity index (χ4v) is 7.54. The number of rotatable bonds is 10. The van der Waals surface area contributed by atoms with Crippen LogP contribution in [0.5, 0.6) is 0 Å². The number of carboxylic acid groups (broad SMARTS) is 2. The number of aliphatic imine (C=N–C) groups is 1. The van der Waals surface area contributed by atoms with E-state index >= 15 is 0 Å². The van der Waals surface area contributed by atoms with Gasteiger partial charge in [0.25, 0.3) is 0 Å². The van der Waals surface area contributed by atoms with Gasteiger partial charge in [0.15, 0.2) is 5.96 Å². The first-order chi connectivity index (χ1) is 31.8. The number of aromatic amines is 2. The molecule has 15 N–H and O–H groups in total. The average molecular weight is 1000 g/mol. The summed E-state index contributed by atoms with van der Waals surface area (Å²) >= 11 is 0. The molecule has 0 radical (unpaired) electrons. The molecular weight excluding hydrogens is 961 g/mol. The molecule has 0 saturated heterocycles. The maximum Gasteiger partial charge on any atom is 0.490 e. The van der Waals surface area contributed by atoms with Crippen LogP contribution in [-0.2, 0) is 29.6 Å². The summed E-state index contributed by atoms with van der Waals surface area (Å²) < 4.78 is 112. The van der Waals surface area contributed by atoms with Gasteiger partial charge < -0.3 is 32.7 Å². The van der Waals surface area contributed by atoms with Crippen LogP contribution in [0, 0.1) is 0 Å². The van der Waals surface area contributed by atoms with Gasteiger partial charge >= 0.3 is 24.3 Å². The Balaban J connectivity index is 0.000000233. The predicted molar refractivity (Wildman–Crippen MR) is 228 cm³/mol. The smallest absolute Gasteiger partial charge is 0.475 e. The molecule has 31 heteroatoms. The quantitative estimate of drug-likeness (QED) is 0.0872. The van der Waals surface area contributed by atoms with Gasteiger partial charge in [0.2, 0.25) is 31.7 Å². The van der Waals surface area contributed by atoms with Crippen molar-refractivity contribution in [3.8, 4) is 45.0 Å². The second-order valence-corrected chi connectivity index (χ2v) is 16.8. The Bertz CT molecular complexity index is 2880. The van der Waals surface area contributed by atoms with Crippen LogP contribution < -0.4 is 32.8 Å². The number of primary sulfonamides is 2. The molecule has 3 heterocycles. The molecule has 1 unspecified atom stereocenters. The molecule has 68 heavy (non-hydrogen) atoms. The van der Waals surface area contributed by atoms with Crippen LogP contribution >= 0.6 is 0 Å². The number of nitrogens with two attached hydrogens (primary N) is 5. The number of alkyl halides is 6. The van der Waals surface area contributed by atoms with Crippen LogP contribution in [-0.4, -0.2) is 125 Å². The summed E-state index contributed by atoms with van der Waals surface area (Å²) in [7, 11) is -7.95. The standard InChI is InChI=1S/C17H18N8O2S.C16H19N7O2S.2C2HF3O2/c18-17-20-8-12(9-21-17)10-4-6-11(7-5-10)13-2-1-3-14(28(19,26)27)15(13)16-22-24-25-23-16;17-8-12(9-18)10-4-6-11(7-5-10)13-2-1-3-14(26(19,24)25)15(13)16-20-22-23-21-16;2*3-2(4,5)1(6)7/h1-7,12H,8-9H2,(H3,18,20,21)(H2,19,26,27)(H,22,23,24,25);1-7,12H,8-9,17-18H2,(H2,19,24,25)(H,20,21,22,23);2*(H,6,7). The number of hydrogen-bond donors (Lipinski definition) is 10. The minimum atomic E-state index is -5.08. The normalized spacial score (nSPS) is 13.9. The van der Waals surface area contributed by atoms with Crippen molar-refractivity contribution in [2.45, 2.75) is 34.0 Å². The number of H-pyrrole nitrogens is 2. The molecule has 2 aromatic heterocycles. The van der Waals surface area contributed by atoms with Crippen molar-refractivity contribution in [1.29, 1.82) is 0 Å². The molecule has 4 aromatic carbocycles. The number of halogens is 6. The van der Waals surface area contributed by atoms with Gasteiger partial charge in [-0.3, -0.25) is 4.99 Å². The zero-order valence-corrected chi connectivity index (χ0v) is 36.1. The van der Waals surface area contributed by atoms with E-state index in [9.17, 15) is 43.2 Å². The van der Waals surface area contributed by atoms with E-state index in [0.717, 1.165) is 22.3 Å². The summed E-state index contributed by atoms with van der Waals surface area (Å²) in [6, 6.07) is 25.1. The SMILES string of the molecule is NC1=NCC(c2ccc(-c3cccc(S(N)(=O)=O)c3-c3nn[nH]n3)cc2)CN1.NCC(CN)c1ccc(-c2cccc(S(N)(=O)=O)c2-c2nn[nH]n2)cc1.O=C(O)C(F)(F)F.O=C(O)C(F)(F)F. The summed E-state index contributed by atoms with van der Waals surface area (Å²) in [6.07, 6.45) is -10.2. The van der Waals surface area contributed by atoms with Gasteiger partial charge in [-0.1, -0.05) is 72.8 Å². The molecule has 0 bridgehead atoms. The number of sulfonamides is 2. The Hall–Kier alpha value is -7.45. The lowest BCUT2D eigenvalue weighted by atomic mass is 9.93. The molecule has 1 aliphatic rings. The highest BCUT2D eigenvalue weighted by Gasteiger charge is 2.39. The van der Waals surface area contributed by atoms with Crippen molar-refractivity contribution in [2.24, 2.45) is 32.5 Å². The molecule has 6 aromatic rings. The van der Waals surface area contributed by atoms with Crippen LogP contribution in [0.3, 0.4) is 0 Å². The summed E-state index contributed by atoms with van der Waals surface area (Å²) in [5.41, 5.74) is 22.7. The fourth-order valence-electron chi connectivity index (χ4n) is 6.03. The predicted octanol–water partition coefficient (Wildman–Crippen LogP) is 1.63. The zero-order valence-electron chi connectivity index (χ0n) is 34.5. The molecule has 0 spiro atoms. The third-order valence-corrected chi connectivity index (χ3v) is 11.2. The van der Waals surface area contributed by atoms with E-state index in [0.29, 0.717) is 54.4 Å². The maximum absolute atomic E-state index is 12.1. The Kier molecular flexibility index (Phi) is 17.5. The number of tetrazole rings is 2. The van der Waals surface area contributed by atoms with Gasteiger partial charge in [-0.05, 0) is 55.9 Å². The lowest BCUT2D eigenvalue weighted by Crippen LogP contribution is -2.39. The Morgan fingerprint density at radius 3 is 1.38 bits per heavy atom. The average Bonchev–Trinajstić information content (AvgIpc) is 4.03. The van der Waals surface area contributed by atoms with Crippen molar-refractivity contribution >= 4 is 37.9 Å². The molecule has 23 nitrogen and oxygen atoms in total. The minimum Gasteiger partial charge on any atom is -0.475 e. The number of nitrogens with zero attached hydrogens (tertiary/aromatic N) is 7. The number of aliphatic carboxylic acids is 2. The number of aromatic nitrogens is 8. The topological polar surface area (TPSA) is 406 Å². The van der Waals surface area contributed by atoms with E-state index in [2.05, 4.69) is 51.6 Å². The molecule has 1 aliphatic heterocycles. The van der Waals surface area contributed by atoms with Gasteiger partial charge in [-0.25, -0.2) is 36.7 Å². The van der Waals surface area contributed by atoms with Gasteiger partial charge in [-0.15, -0.1) is 20.4 Å². The number of hydrogen-bond acceptors (Lipinski definition) is 17. The highest BCUT2D eigenvalue weighted by molar-refractivity contribution is 7.89. The summed E-state index contributed by atoms with van der Waals surface area (Å²) in [5, 5.41) is 55.5. The van der Waals surface area contributed by atoms with Crippen molar-refractivity contribution in [2.75, 3.05) is 26.2 Å². The first kappa shape index (κ1) is 53.2. The molecular formula is C37H39F6N15O8S2. The first-order valence-electron chi connectivity index (χ1n) is 18.8. The van der Waals surface area contributed by atoms with Gasteiger partial charge in [0.05, 0.1) is 27.5 Å². The fraction of sp³-hybridized carbons (Fsp3) is 0.216. The minimum absolute atomic E-state index is 0.0585. The van der Waals surface area contributed by atoms with Crippen molar-refractivity contribution in [3.63, 3.8) is 0 Å². The number of nitrogens with one attached hydrogen (secondary N) is 3. The largest absolute Gasteiger partial charge is 0.490 e. The van der Waals surface area contributed by atoms with Crippen LogP contribution in [0.15, 0.2) is 99.7 Å². The molecule has 1 atom stereocenters. The van der Waals surface area contributed by atoms with Crippen molar-refractivity contribution in [1.82, 2.24) is 46.6 Å². The zero-order chi connectivity index (χ0) is 50.6. The monoisotopic (exact) mass is 999 g/mol. The second-order valence-electron chi connectivity index (χ2n) is 13.7. The van der Waals surface area contributed by atoms with E-state index in [1.807, 2.05) is 48.5 Å². The summed E-state index contributed by atoms with van der Waals surface area (Å²) in [6.45, 7) is 2.23. The van der Waals surface area contributed by atoms with Crippen molar-refractivity contribution < 1.29 is 63.0 Å². The maximum atomic E-state index is 12.1. The summed E-state index contributed by atoms with van der Waals surface area (Å²) in [4.78, 5) is 21.9.